The highest BCUT2D eigenvalue weighted by Gasteiger charge is 2.44. The molecule has 2 N–H and O–H groups in total. The number of carbonyl (C=O) groups is 1. The number of rotatable bonds is 2. The number of nitrogens with one attached hydrogen (secondary N) is 1. The quantitative estimate of drug-likeness (QED) is 0.581. The molecule has 10 heavy (non-hydrogen) atoms. The molecule has 0 atom stereocenters. The SMILES string of the molecule is COC1(C(=O)O)CNC1.Cl. The number of halogens is 1. The fourth-order valence-corrected chi connectivity index (χ4v) is 0.735. The summed E-state index contributed by atoms with van der Waals surface area (Å²) in [6.45, 7) is 0.831. The molecule has 1 rings (SSSR count). The lowest BCUT2D eigenvalue weighted by atomic mass is 9.97. The van der Waals surface area contributed by atoms with E-state index in [9.17, 15) is 4.79 Å². The second-order valence-corrected chi connectivity index (χ2v) is 2.11. The van der Waals surface area contributed by atoms with E-state index >= 15 is 0 Å². The van der Waals surface area contributed by atoms with Crippen LogP contribution in [0.15, 0.2) is 0 Å². The van der Waals surface area contributed by atoms with Crippen LogP contribution >= 0.6 is 12.4 Å². The molecule has 5 heteroatoms. The molecule has 1 heterocycles. The molecular formula is C5H10ClNO3. The molecule has 1 saturated heterocycles. The Kier molecular flexibility index (Phi) is 3.08. The highest BCUT2D eigenvalue weighted by atomic mass is 35.5. The van der Waals surface area contributed by atoms with Crippen molar-refractivity contribution >= 4 is 18.4 Å². The molecule has 0 unspecified atom stereocenters. The summed E-state index contributed by atoms with van der Waals surface area (Å²) >= 11 is 0. The molecule has 0 amide bonds. The predicted octanol–water partition coefficient (Wildman–Crippen LogP) is -0.519. The Balaban J connectivity index is 0.000000810. The highest BCUT2D eigenvalue weighted by molar-refractivity contribution is 5.85. The van der Waals surface area contributed by atoms with Crippen molar-refractivity contribution in [1.29, 1.82) is 0 Å². The summed E-state index contributed by atoms with van der Waals surface area (Å²) < 4.78 is 4.77. The third kappa shape index (κ3) is 1.23. The van der Waals surface area contributed by atoms with Crippen LogP contribution in [0.2, 0.25) is 0 Å². The second kappa shape index (κ2) is 3.18. The Hall–Kier alpha value is -0.320. The average Bonchev–Trinajstić information content (AvgIpc) is 1.62. The van der Waals surface area contributed by atoms with E-state index in [1.165, 1.54) is 7.11 Å². The Labute approximate surface area is 65.0 Å². The van der Waals surface area contributed by atoms with Crippen LogP contribution in [-0.2, 0) is 9.53 Å². The number of aliphatic carboxylic acids is 1. The lowest BCUT2D eigenvalue weighted by Gasteiger charge is -2.36. The molecule has 0 bridgehead atoms. The second-order valence-electron chi connectivity index (χ2n) is 2.11. The maximum Gasteiger partial charge on any atom is 0.338 e. The summed E-state index contributed by atoms with van der Waals surface area (Å²) in [5.74, 6) is -0.885. The molecule has 0 aromatic carbocycles. The maximum absolute atomic E-state index is 10.4. The summed E-state index contributed by atoms with van der Waals surface area (Å²) in [5, 5.41) is 11.3. The van der Waals surface area contributed by atoms with E-state index in [0.29, 0.717) is 13.1 Å². The van der Waals surface area contributed by atoms with Crippen molar-refractivity contribution < 1.29 is 14.6 Å². The van der Waals surface area contributed by atoms with Crippen LogP contribution in [0.3, 0.4) is 0 Å². The number of methoxy groups -OCH3 is 1. The molecule has 0 aromatic heterocycles. The summed E-state index contributed by atoms with van der Waals surface area (Å²) in [7, 11) is 1.41. The van der Waals surface area contributed by atoms with Gasteiger partial charge in [0.05, 0.1) is 0 Å². The molecule has 1 fully saturated rings. The summed E-state index contributed by atoms with van der Waals surface area (Å²) in [6, 6.07) is 0. The van der Waals surface area contributed by atoms with Crippen LogP contribution in [0.25, 0.3) is 0 Å². The Morgan fingerprint density at radius 2 is 2.20 bits per heavy atom. The first-order valence-corrected chi connectivity index (χ1v) is 2.70. The van der Waals surface area contributed by atoms with E-state index in [4.69, 9.17) is 9.84 Å². The normalized spacial score (nSPS) is 20.5. The van der Waals surface area contributed by atoms with Gasteiger partial charge in [-0.05, 0) is 0 Å². The predicted molar refractivity (Wildman–Crippen MR) is 37.5 cm³/mol. The molecule has 0 saturated carbocycles. The topological polar surface area (TPSA) is 58.6 Å². The van der Waals surface area contributed by atoms with Crippen LogP contribution in [0.5, 0.6) is 0 Å². The molecule has 0 spiro atoms. The first kappa shape index (κ1) is 9.68. The maximum atomic E-state index is 10.4. The number of carboxylic acids is 1. The van der Waals surface area contributed by atoms with E-state index in [2.05, 4.69) is 5.32 Å². The Bertz CT molecular complexity index is 129. The van der Waals surface area contributed by atoms with Gasteiger partial charge in [-0.1, -0.05) is 0 Å². The summed E-state index contributed by atoms with van der Waals surface area (Å²) in [4.78, 5) is 10.4. The van der Waals surface area contributed by atoms with Gasteiger partial charge in [0, 0.05) is 20.2 Å². The number of carboxylic acid groups (broad SMARTS) is 1. The Morgan fingerprint density at radius 3 is 2.20 bits per heavy atom. The lowest BCUT2D eigenvalue weighted by Crippen LogP contribution is -2.65. The fraction of sp³-hybridized carbons (Fsp3) is 0.800. The van der Waals surface area contributed by atoms with Crippen molar-refractivity contribution in [1.82, 2.24) is 5.32 Å². The van der Waals surface area contributed by atoms with E-state index in [1.54, 1.807) is 0 Å². The van der Waals surface area contributed by atoms with Gasteiger partial charge >= 0.3 is 5.97 Å². The van der Waals surface area contributed by atoms with Crippen LogP contribution in [0.4, 0.5) is 0 Å². The summed E-state index contributed by atoms with van der Waals surface area (Å²) in [5.41, 5.74) is -0.931. The van der Waals surface area contributed by atoms with Gasteiger partial charge in [0.25, 0.3) is 0 Å². The zero-order valence-electron chi connectivity index (χ0n) is 5.59. The molecule has 1 aliphatic rings. The van der Waals surface area contributed by atoms with E-state index in [-0.39, 0.29) is 12.4 Å². The molecule has 60 valence electrons. The average molecular weight is 168 g/mol. The standard InChI is InChI=1S/C5H9NO3.ClH/c1-9-5(4(7)8)2-6-3-5;/h6H,2-3H2,1H3,(H,7,8);1H. The summed E-state index contributed by atoms with van der Waals surface area (Å²) in [6.07, 6.45) is 0. The number of hydrogen-bond acceptors (Lipinski definition) is 3. The smallest absolute Gasteiger partial charge is 0.338 e. The van der Waals surface area contributed by atoms with Crippen LogP contribution in [-0.4, -0.2) is 36.9 Å². The van der Waals surface area contributed by atoms with Gasteiger partial charge in [0.15, 0.2) is 5.60 Å². The molecule has 0 aliphatic carbocycles. The molecule has 1 aliphatic heterocycles. The number of hydrogen-bond donors (Lipinski definition) is 2. The molecule has 4 nitrogen and oxygen atoms in total. The van der Waals surface area contributed by atoms with Crippen LogP contribution < -0.4 is 5.32 Å². The zero-order valence-corrected chi connectivity index (χ0v) is 6.40. The van der Waals surface area contributed by atoms with Crippen molar-refractivity contribution in [3.8, 4) is 0 Å². The minimum absolute atomic E-state index is 0. The van der Waals surface area contributed by atoms with Crippen molar-refractivity contribution in [3.63, 3.8) is 0 Å². The van der Waals surface area contributed by atoms with E-state index < -0.39 is 11.6 Å². The van der Waals surface area contributed by atoms with Gasteiger partial charge in [0.2, 0.25) is 0 Å². The van der Waals surface area contributed by atoms with Gasteiger partial charge in [-0.2, -0.15) is 0 Å². The van der Waals surface area contributed by atoms with E-state index in [1.807, 2.05) is 0 Å². The van der Waals surface area contributed by atoms with Crippen molar-refractivity contribution in [2.24, 2.45) is 0 Å². The fourth-order valence-electron chi connectivity index (χ4n) is 0.735. The molecule has 0 radical (unpaired) electrons. The van der Waals surface area contributed by atoms with Gasteiger partial charge in [-0.25, -0.2) is 4.79 Å². The minimum Gasteiger partial charge on any atom is -0.479 e. The van der Waals surface area contributed by atoms with E-state index in [0.717, 1.165) is 0 Å². The van der Waals surface area contributed by atoms with Gasteiger partial charge in [-0.15, -0.1) is 12.4 Å². The first-order chi connectivity index (χ1) is 4.21. The highest BCUT2D eigenvalue weighted by Crippen LogP contribution is 2.14. The molecule has 0 aromatic rings. The van der Waals surface area contributed by atoms with Crippen molar-refractivity contribution in [2.75, 3.05) is 20.2 Å². The lowest BCUT2D eigenvalue weighted by molar-refractivity contribution is -0.168. The van der Waals surface area contributed by atoms with Crippen LogP contribution in [0, 0.1) is 0 Å². The third-order valence-corrected chi connectivity index (χ3v) is 1.60. The zero-order chi connectivity index (χ0) is 6.91. The van der Waals surface area contributed by atoms with Crippen molar-refractivity contribution in [2.45, 2.75) is 5.60 Å². The number of ether oxygens (including phenoxy) is 1. The molecular weight excluding hydrogens is 158 g/mol. The van der Waals surface area contributed by atoms with Crippen molar-refractivity contribution in [3.05, 3.63) is 0 Å². The van der Waals surface area contributed by atoms with Gasteiger partial charge < -0.3 is 15.2 Å². The van der Waals surface area contributed by atoms with Gasteiger partial charge in [0.1, 0.15) is 0 Å². The minimum atomic E-state index is -0.931. The van der Waals surface area contributed by atoms with Gasteiger partial charge in [-0.3, -0.25) is 0 Å². The first-order valence-electron chi connectivity index (χ1n) is 2.70. The van der Waals surface area contributed by atoms with Crippen LogP contribution in [0.1, 0.15) is 0 Å². The largest absolute Gasteiger partial charge is 0.479 e. The third-order valence-electron chi connectivity index (χ3n) is 1.60. The Morgan fingerprint density at radius 1 is 1.70 bits per heavy atom. The monoisotopic (exact) mass is 167 g/mol.